The van der Waals surface area contributed by atoms with Gasteiger partial charge in [-0.2, -0.15) is 0 Å². The summed E-state index contributed by atoms with van der Waals surface area (Å²) >= 11 is 0. The van der Waals surface area contributed by atoms with E-state index in [1.54, 1.807) is 30.3 Å². The maximum atomic E-state index is 13.3. The topological polar surface area (TPSA) is 57.1 Å². The Balaban J connectivity index is 1.92. The van der Waals surface area contributed by atoms with Gasteiger partial charge in [0, 0.05) is 5.56 Å². The van der Waals surface area contributed by atoms with E-state index in [0.717, 1.165) is 0 Å². The highest BCUT2D eigenvalue weighted by atomic mass is 19.1. The van der Waals surface area contributed by atoms with Crippen LogP contribution in [-0.2, 0) is 9.53 Å². The third-order valence-corrected chi connectivity index (χ3v) is 3.56. The van der Waals surface area contributed by atoms with Crippen LogP contribution in [-0.4, -0.2) is 25.1 Å². The largest absolute Gasteiger partial charge is 0.490 e. The monoisotopic (exact) mass is 355 g/mol. The molecule has 0 aliphatic carbocycles. The number of nitrogens with zero attached hydrogens (tertiary/aromatic N) is 1. The maximum Gasteiger partial charge on any atom is 0.363 e. The number of carbonyl (C=O) groups is 1. The molecule has 0 bridgehead atoms. The molecule has 2 aromatic carbocycles. The third kappa shape index (κ3) is 3.91. The Morgan fingerprint density at radius 1 is 1.08 bits per heavy atom. The molecule has 1 aliphatic heterocycles. The van der Waals surface area contributed by atoms with Crippen molar-refractivity contribution in [2.45, 2.75) is 13.8 Å². The predicted molar refractivity (Wildman–Crippen MR) is 95.8 cm³/mol. The van der Waals surface area contributed by atoms with Gasteiger partial charge in [-0.25, -0.2) is 14.2 Å². The van der Waals surface area contributed by atoms with Gasteiger partial charge in [0.15, 0.2) is 17.2 Å². The molecule has 0 fully saturated rings. The van der Waals surface area contributed by atoms with Gasteiger partial charge in [0.05, 0.1) is 13.2 Å². The minimum Gasteiger partial charge on any atom is -0.490 e. The number of hydrogen-bond acceptors (Lipinski definition) is 5. The zero-order valence-corrected chi connectivity index (χ0v) is 14.5. The molecule has 6 heteroatoms. The Hall–Kier alpha value is -3.15. The first-order valence-electron chi connectivity index (χ1n) is 8.29. The number of cyclic esters (lactones) is 1. The summed E-state index contributed by atoms with van der Waals surface area (Å²) in [5, 5.41) is 0. The van der Waals surface area contributed by atoms with Gasteiger partial charge in [0.25, 0.3) is 0 Å². The molecule has 3 rings (SSSR count). The minimum atomic E-state index is -0.587. The first-order chi connectivity index (χ1) is 12.6. The second-order valence-electron chi connectivity index (χ2n) is 5.42. The molecule has 0 spiro atoms. The molecule has 0 saturated carbocycles. The van der Waals surface area contributed by atoms with Crippen molar-refractivity contribution in [2.75, 3.05) is 13.2 Å². The molecule has 1 aliphatic rings. The predicted octanol–water partition coefficient (Wildman–Crippen LogP) is 3.97. The van der Waals surface area contributed by atoms with Gasteiger partial charge in [0.1, 0.15) is 5.82 Å². The lowest BCUT2D eigenvalue weighted by Gasteiger charge is -2.11. The molecule has 0 radical (unpaired) electrons. The summed E-state index contributed by atoms with van der Waals surface area (Å²) < 4.78 is 29.6. The van der Waals surface area contributed by atoms with E-state index < -0.39 is 5.97 Å². The van der Waals surface area contributed by atoms with Crippen molar-refractivity contribution >= 4 is 17.9 Å². The van der Waals surface area contributed by atoms with Gasteiger partial charge in [-0.3, -0.25) is 0 Å². The standard InChI is InChI=1S/C20H18FNO4/c1-3-24-17-9-8-14(12-18(17)25-4-2)19-22-16(20(23)26-19)11-13-6-5-7-15(21)10-13/h5-12H,3-4H2,1-2H3. The molecule has 0 aromatic heterocycles. The summed E-state index contributed by atoms with van der Waals surface area (Å²) in [5.74, 6) is 0.354. The molecule has 0 N–H and O–H groups in total. The Morgan fingerprint density at radius 3 is 2.58 bits per heavy atom. The molecular formula is C20H18FNO4. The fraction of sp³-hybridized carbons (Fsp3) is 0.200. The molecule has 26 heavy (non-hydrogen) atoms. The highest BCUT2D eigenvalue weighted by Gasteiger charge is 2.25. The third-order valence-electron chi connectivity index (χ3n) is 3.56. The molecule has 134 valence electrons. The second kappa shape index (κ2) is 7.82. The van der Waals surface area contributed by atoms with Gasteiger partial charge in [-0.15, -0.1) is 0 Å². The van der Waals surface area contributed by atoms with Gasteiger partial charge in [0.2, 0.25) is 5.90 Å². The second-order valence-corrected chi connectivity index (χ2v) is 5.42. The van der Waals surface area contributed by atoms with Crippen LogP contribution in [0.5, 0.6) is 11.5 Å². The van der Waals surface area contributed by atoms with Gasteiger partial charge < -0.3 is 14.2 Å². The van der Waals surface area contributed by atoms with Crippen LogP contribution >= 0.6 is 0 Å². The van der Waals surface area contributed by atoms with Crippen LogP contribution in [0.2, 0.25) is 0 Å². The van der Waals surface area contributed by atoms with Crippen molar-refractivity contribution in [3.8, 4) is 11.5 Å². The number of benzene rings is 2. The van der Waals surface area contributed by atoms with E-state index in [4.69, 9.17) is 14.2 Å². The number of aliphatic imine (C=N–C) groups is 1. The van der Waals surface area contributed by atoms with Crippen molar-refractivity contribution in [1.82, 2.24) is 0 Å². The molecule has 1 heterocycles. The van der Waals surface area contributed by atoms with E-state index >= 15 is 0 Å². The number of rotatable bonds is 6. The Bertz CT molecular complexity index is 889. The average molecular weight is 355 g/mol. The van der Waals surface area contributed by atoms with Crippen molar-refractivity contribution in [3.05, 3.63) is 65.1 Å². The van der Waals surface area contributed by atoms with Crippen LogP contribution in [0.15, 0.2) is 53.2 Å². The molecule has 0 unspecified atom stereocenters. The van der Waals surface area contributed by atoms with E-state index in [9.17, 15) is 9.18 Å². The molecule has 5 nitrogen and oxygen atoms in total. The molecule has 0 atom stereocenters. The van der Waals surface area contributed by atoms with Gasteiger partial charge in [-0.05, 0) is 55.8 Å². The molecule has 2 aromatic rings. The van der Waals surface area contributed by atoms with E-state index in [1.807, 2.05) is 13.8 Å². The zero-order valence-electron chi connectivity index (χ0n) is 14.5. The SMILES string of the molecule is CCOc1ccc(C2=NC(=Cc3cccc(F)c3)C(=O)O2)cc1OCC. The summed E-state index contributed by atoms with van der Waals surface area (Å²) in [4.78, 5) is 16.3. The number of carbonyl (C=O) groups excluding carboxylic acids is 1. The highest BCUT2D eigenvalue weighted by Crippen LogP contribution is 2.30. The summed E-state index contributed by atoms with van der Waals surface area (Å²) in [6, 6.07) is 11.1. The minimum absolute atomic E-state index is 0.109. The van der Waals surface area contributed by atoms with Crippen molar-refractivity contribution < 1.29 is 23.4 Å². The van der Waals surface area contributed by atoms with Crippen LogP contribution in [0.4, 0.5) is 4.39 Å². The van der Waals surface area contributed by atoms with Crippen LogP contribution in [0, 0.1) is 5.82 Å². The van der Waals surface area contributed by atoms with Crippen molar-refractivity contribution in [3.63, 3.8) is 0 Å². The number of esters is 1. The van der Waals surface area contributed by atoms with Crippen LogP contribution < -0.4 is 9.47 Å². The first kappa shape index (κ1) is 17.7. The van der Waals surface area contributed by atoms with Crippen LogP contribution in [0.1, 0.15) is 25.0 Å². The molecule has 0 amide bonds. The average Bonchev–Trinajstić information content (AvgIpc) is 2.97. The van der Waals surface area contributed by atoms with E-state index in [2.05, 4.69) is 4.99 Å². The number of halogens is 1. The maximum absolute atomic E-state index is 13.3. The lowest BCUT2D eigenvalue weighted by Crippen LogP contribution is -2.06. The van der Waals surface area contributed by atoms with E-state index in [1.165, 1.54) is 18.2 Å². The lowest BCUT2D eigenvalue weighted by molar-refractivity contribution is -0.129. The Labute approximate surface area is 150 Å². The Morgan fingerprint density at radius 2 is 1.85 bits per heavy atom. The van der Waals surface area contributed by atoms with Crippen molar-refractivity contribution in [1.29, 1.82) is 0 Å². The Kier molecular flexibility index (Phi) is 5.31. The molecular weight excluding hydrogens is 337 g/mol. The fourth-order valence-electron chi connectivity index (χ4n) is 2.47. The molecule has 0 saturated heterocycles. The van der Waals surface area contributed by atoms with Crippen molar-refractivity contribution in [2.24, 2.45) is 4.99 Å². The van der Waals surface area contributed by atoms with Gasteiger partial charge in [-0.1, -0.05) is 12.1 Å². The summed E-state index contributed by atoms with van der Waals surface area (Å²) in [5.41, 5.74) is 1.23. The zero-order chi connectivity index (χ0) is 18.5. The number of hydrogen-bond donors (Lipinski definition) is 0. The normalized spacial score (nSPS) is 15.0. The summed E-state index contributed by atoms with van der Waals surface area (Å²) in [6.45, 7) is 4.74. The fourth-order valence-corrected chi connectivity index (χ4v) is 2.47. The number of ether oxygens (including phenoxy) is 3. The summed E-state index contributed by atoms with van der Waals surface area (Å²) in [7, 11) is 0. The highest BCUT2D eigenvalue weighted by molar-refractivity contribution is 6.13. The summed E-state index contributed by atoms with van der Waals surface area (Å²) in [6.07, 6.45) is 1.48. The van der Waals surface area contributed by atoms with Crippen LogP contribution in [0.3, 0.4) is 0 Å². The van der Waals surface area contributed by atoms with Gasteiger partial charge >= 0.3 is 5.97 Å². The quantitative estimate of drug-likeness (QED) is 0.581. The first-order valence-corrected chi connectivity index (χ1v) is 8.29. The van der Waals surface area contributed by atoms with Crippen LogP contribution in [0.25, 0.3) is 6.08 Å². The van der Waals surface area contributed by atoms with E-state index in [0.29, 0.717) is 35.8 Å². The van der Waals surface area contributed by atoms with E-state index in [-0.39, 0.29) is 17.4 Å². The smallest absolute Gasteiger partial charge is 0.363 e. The lowest BCUT2D eigenvalue weighted by atomic mass is 10.2.